The number of anilines is 1. The van der Waals surface area contributed by atoms with Gasteiger partial charge >= 0.3 is 6.18 Å². The van der Waals surface area contributed by atoms with Gasteiger partial charge in [-0.2, -0.15) is 18.3 Å². The Kier molecular flexibility index (Phi) is 5.27. The number of thiophene rings is 1. The van der Waals surface area contributed by atoms with Gasteiger partial charge in [-0.15, -0.1) is 11.3 Å². The molecule has 10 heteroatoms. The molecule has 0 fully saturated rings. The lowest BCUT2D eigenvalue weighted by molar-refractivity contribution is -0.141. The average molecular weight is 420 g/mol. The number of nitrogens with zero attached hydrogens (tertiary/aromatic N) is 2. The lowest BCUT2D eigenvalue weighted by Gasteiger charge is -2.06. The van der Waals surface area contributed by atoms with Crippen LogP contribution in [0.3, 0.4) is 0 Å². The van der Waals surface area contributed by atoms with Crippen molar-refractivity contribution in [3.05, 3.63) is 68.1 Å². The summed E-state index contributed by atoms with van der Waals surface area (Å²) >= 11 is 13.1. The largest absolute Gasteiger partial charge is 0.435 e. The first kappa shape index (κ1) is 18.8. The molecule has 1 amide bonds. The molecule has 0 radical (unpaired) electrons. The second kappa shape index (κ2) is 7.30. The van der Waals surface area contributed by atoms with E-state index < -0.39 is 11.9 Å². The summed E-state index contributed by atoms with van der Waals surface area (Å²) in [6.45, 7) is 0.123. The number of alkyl halides is 3. The highest BCUT2D eigenvalue weighted by Gasteiger charge is 2.33. The molecule has 136 valence electrons. The van der Waals surface area contributed by atoms with E-state index in [0.717, 1.165) is 6.07 Å². The van der Waals surface area contributed by atoms with E-state index in [1.807, 2.05) is 0 Å². The highest BCUT2D eigenvalue weighted by atomic mass is 35.5. The van der Waals surface area contributed by atoms with Crippen molar-refractivity contribution in [3.8, 4) is 0 Å². The van der Waals surface area contributed by atoms with Crippen molar-refractivity contribution in [2.24, 2.45) is 0 Å². The van der Waals surface area contributed by atoms with Crippen LogP contribution in [0.5, 0.6) is 0 Å². The zero-order valence-electron chi connectivity index (χ0n) is 12.8. The van der Waals surface area contributed by atoms with Gasteiger partial charge in [0.25, 0.3) is 5.91 Å². The third kappa shape index (κ3) is 4.20. The van der Waals surface area contributed by atoms with Crippen LogP contribution in [0.1, 0.15) is 20.9 Å². The van der Waals surface area contributed by atoms with E-state index in [-0.39, 0.29) is 17.5 Å². The van der Waals surface area contributed by atoms with Gasteiger partial charge < -0.3 is 5.32 Å². The molecule has 4 nitrogen and oxygen atoms in total. The van der Waals surface area contributed by atoms with Gasteiger partial charge in [0.1, 0.15) is 0 Å². The predicted molar refractivity (Wildman–Crippen MR) is 95.1 cm³/mol. The molecule has 0 saturated heterocycles. The zero-order valence-corrected chi connectivity index (χ0v) is 15.2. The van der Waals surface area contributed by atoms with Gasteiger partial charge in [0.15, 0.2) is 5.69 Å². The van der Waals surface area contributed by atoms with Gasteiger partial charge in [0.2, 0.25) is 0 Å². The summed E-state index contributed by atoms with van der Waals surface area (Å²) in [5.41, 5.74) is 0.0801. The quantitative estimate of drug-likeness (QED) is 0.600. The van der Waals surface area contributed by atoms with Gasteiger partial charge in [-0.1, -0.05) is 29.3 Å². The van der Waals surface area contributed by atoms with Gasteiger partial charge in [-0.05, 0) is 35.2 Å². The molecule has 26 heavy (non-hydrogen) atoms. The molecule has 0 aliphatic rings. The maximum atomic E-state index is 12.6. The maximum Gasteiger partial charge on any atom is 0.435 e. The topological polar surface area (TPSA) is 46.9 Å². The first-order chi connectivity index (χ1) is 12.2. The molecule has 0 aliphatic carbocycles. The van der Waals surface area contributed by atoms with Crippen molar-refractivity contribution in [3.63, 3.8) is 0 Å². The highest BCUT2D eigenvalue weighted by Crippen LogP contribution is 2.30. The van der Waals surface area contributed by atoms with Crippen molar-refractivity contribution >= 4 is 46.1 Å². The van der Waals surface area contributed by atoms with Crippen molar-refractivity contribution in [1.82, 2.24) is 9.78 Å². The molecule has 2 heterocycles. The van der Waals surface area contributed by atoms with Crippen LogP contribution >= 0.6 is 34.5 Å². The molecule has 0 unspecified atom stereocenters. The van der Waals surface area contributed by atoms with E-state index in [1.54, 1.807) is 29.6 Å². The van der Waals surface area contributed by atoms with Crippen LogP contribution in [0.4, 0.5) is 18.9 Å². The molecule has 0 spiro atoms. The average Bonchev–Trinajstić information content (AvgIpc) is 3.21. The van der Waals surface area contributed by atoms with Gasteiger partial charge in [-0.25, -0.2) is 0 Å². The Morgan fingerprint density at radius 1 is 1.27 bits per heavy atom. The first-order valence-electron chi connectivity index (χ1n) is 7.17. The van der Waals surface area contributed by atoms with Crippen molar-refractivity contribution in [1.29, 1.82) is 0 Å². The molecule has 0 aliphatic heterocycles. The number of halogens is 5. The van der Waals surface area contributed by atoms with Crippen LogP contribution in [0.25, 0.3) is 0 Å². The highest BCUT2D eigenvalue weighted by molar-refractivity contribution is 7.12. The molecule has 0 saturated carbocycles. The fraction of sp³-hybridized carbons (Fsp3) is 0.125. The summed E-state index contributed by atoms with van der Waals surface area (Å²) < 4.78 is 38.9. The standard InChI is InChI=1S/C16H10Cl2F3N3OS/c17-10-2-1-3-11(14(10)18)22-15(25)12-6-9(8-26-12)7-24-5-4-13(23-24)16(19,20)21/h1-6,8H,7H2,(H,22,25). The maximum absolute atomic E-state index is 12.6. The van der Waals surface area contributed by atoms with Crippen LogP contribution in [-0.2, 0) is 12.7 Å². The summed E-state index contributed by atoms with van der Waals surface area (Å²) in [5, 5.41) is 8.37. The zero-order chi connectivity index (χ0) is 18.9. The summed E-state index contributed by atoms with van der Waals surface area (Å²) in [7, 11) is 0. The molecule has 3 aromatic rings. The van der Waals surface area contributed by atoms with E-state index in [0.29, 0.717) is 21.2 Å². The fourth-order valence-corrected chi connectivity index (χ4v) is 3.30. The van der Waals surface area contributed by atoms with Crippen LogP contribution in [-0.4, -0.2) is 15.7 Å². The van der Waals surface area contributed by atoms with Crippen LogP contribution in [0.15, 0.2) is 41.9 Å². The van der Waals surface area contributed by atoms with Gasteiger partial charge in [0, 0.05) is 6.20 Å². The Balaban J connectivity index is 1.70. The Morgan fingerprint density at radius 3 is 2.73 bits per heavy atom. The third-order valence-corrected chi connectivity index (χ3v) is 5.15. The Morgan fingerprint density at radius 2 is 2.04 bits per heavy atom. The second-order valence-corrected chi connectivity index (χ2v) is 6.97. The van der Waals surface area contributed by atoms with Gasteiger partial charge in [-0.3, -0.25) is 9.48 Å². The molecule has 1 aromatic carbocycles. The summed E-state index contributed by atoms with van der Waals surface area (Å²) in [6.07, 6.45) is -3.24. The molecule has 0 atom stereocenters. The normalized spacial score (nSPS) is 11.6. The number of amides is 1. The first-order valence-corrected chi connectivity index (χ1v) is 8.81. The number of carbonyl (C=O) groups is 1. The summed E-state index contributed by atoms with van der Waals surface area (Å²) in [4.78, 5) is 12.7. The van der Waals surface area contributed by atoms with Crippen molar-refractivity contribution in [2.45, 2.75) is 12.7 Å². The van der Waals surface area contributed by atoms with E-state index >= 15 is 0 Å². The minimum atomic E-state index is -4.48. The van der Waals surface area contributed by atoms with Crippen LogP contribution < -0.4 is 5.32 Å². The molecule has 0 bridgehead atoms. The van der Waals surface area contributed by atoms with E-state index in [9.17, 15) is 18.0 Å². The number of hydrogen-bond acceptors (Lipinski definition) is 3. The van der Waals surface area contributed by atoms with E-state index in [1.165, 1.54) is 22.2 Å². The molecular formula is C16H10Cl2F3N3OS. The van der Waals surface area contributed by atoms with Crippen LogP contribution in [0.2, 0.25) is 10.0 Å². The Labute approximate surface area is 160 Å². The van der Waals surface area contributed by atoms with Crippen molar-refractivity contribution < 1.29 is 18.0 Å². The van der Waals surface area contributed by atoms with E-state index in [4.69, 9.17) is 23.2 Å². The van der Waals surface area contributed by atoms with Crippen molar-refractivity contribution in [2.75, 3.05) is 5.32 Å². The number of nitrogens with one attached hydrogen (secondary N) is 1. The smallest absolute Gasteiger partial charge is 0.320 e. The second-order valence-electron chi connectivity index (χ2n) is 5.27. The SMILES string of the molecule is O=C(Nc1cccc(Cl)c1Cl)c1cc(Cn2ccc(C(F)(F)F)n2)cs1. The Hall–Kier alpha value is -2.03. The number of aromatic nitrogens is 2. The monoisotopic (exact) mass is 419 g/mol. The molecular weight excluding hydrogens is 410 g/mol. The summed E-state index contributed by atoms with van der Waals surface area (Å²) in [5.74, 6) is -0.387. The lowest BCUT2D eigenvalue weighted by atomic mass is 10.3. The van der Waals surface area contributed by atoms with E-state index in [2.05, 4.69) is 10.4 Å². The number of hydrogen-bond donors (Lipinski definition) is 1. The molecule has 1 N–H and O–H groups in total. The summed E-state index contributed by atoms with van der Waals surface area (Å²) in [6, 6.07) is 7.36. The molecule has 3 rings (SSSR count). The number of rotatable bonds is 4. The molecule has 2 aromatic heterocycles. The predicted octanol–water partition coefficient (Wildman–Crippen LogP) is 5.57. The lowest BCUT2D eigenvalue weighted by Crippen LogP contribution is -2.10. The number of carbonyl (C=O) groups excluding carboxylic acids is 1. The number of benzene rings is 1. The fourth-order valence-electron chi connectivity index (χ4n) is 2.15. The Bertz CT molecular complexity index is 952. The minimum Gasteiger partial charge on any atom is -0.320 e. The third-order valence-electron chi connectivity index (χ3n) is 3.35. The van der Waals surface area contributed by atoms with Gasteiger partial charge in [0.05, 0.1) is 27.2 Å². The minimum absolute atomic E-state index is 0.123. The van der Waals surface area contributed by atoms with Crippen LogP contribution in [0, 0.1) is 0 Å².